The van der Waals surface area contributed by atoms with Crippen molar-refractivity contribution >= 4 is 81.1 Å². The average molecular weight is 1870 g/mol. The van der Waals surface area contributed by atoms with Crippen molar-refractivity contribution in [1.82, 2.24) is 52.6 Å². The van der Waals surface area contributed by atoms with Crippen molar-refractivity contribution < 1.29 is 130 Å². The number of aliphatic hydroxyl groups is 5. The second-order valence-electron chi connectivity index (χ2n) is 33.8. The molecule has 6 aromatic carbocycles. The molecule has 0 unspecified atom stereocenters. The summed E-state index contributed by atoms with van der Waals surface area (Å²) in [4.78, 5) is 145. The molecule has 2 fully saturated rings. The minimum absolute atomic E-state index is 0.0643. The number of aromatic hydroxyl groups is 2. The third-order valence-electron chi connectivity index (χ3n) is 23.6. The number of halogens is 1. The first kappa shape index (κ1) is 100.0. The number of phenolic OH excluding ortho intramolecular Hbond substituents is 2. The second kappa shape index (κ2) is 43.6. The molecule has 710 valence electrons. The number of fused-ring (bicyclic) bond motifs is 15. The zero-order valence-corrected chi connectivity index (χ0v) is 74.9. The van der Waals surface area contributed by atoms with Crippen LogP contribution in [0.5, 0.6) is 40.2 Å². The number of aliphatic hydroxyl groups excluding tert-OH is 5. The number of rotatable bonds is 31. The van der Waals surface area contributed by atoms with Crippen LogP contribution in [0.2, 0.25) is 5.02 Å². The fraction of sp³-hybridized carbons (Fsp3) is 0.483. The maximum atomic E-state index is 16.5. The van der Waals surface area contributed by atoms with E-state index in [0.717, 1.165) is 86.2 Å². The van der Waals surface area contributed by atoms with Gasteiger partial charge in [-0.15, -0.1) is 0 Å². The number of carbonyl (C=O) groups is 10. The molecule has 7 heterocycles. The van der Waals surface area contributed by atoms with Gasteiger partial charge in [-0.25, -0.2) is 27.5 Å². The number of sulfonamides is 1. The van der Waals surface area contributed by atoms with Crippen LogP contribution < -0.4 is 84.0 Å². The number of nitrogens with two attached hydrogens (primary N) is 3. The summed E-state index contributed by atoms with van der Waals surface area (Å²) in [5.74, 6) is -14.4. The van der Waals surface area contributed by atoms with Crippen molar-refractivity contribution in [2.24, 2.45) is 23.1 Å². The summed E-state index contributed by atoms with van der Waals surface area (Å²) >= 11 is 7.21. The topological polar surface area (TPSA) is 630 Å². The Labute approximate surface area is 759 Å². The minimum atomic E-state index is -3.78. The number of hydrogen-bond acceptors (Lipinski definition) is 28. The molecule has 42 heteroatoms. The molecule has 0 saturated carbocycles. The summed E-state index contributed by atoms with van der Waals surface area (Å²) in [6, 6.07) is 5.36. The van der Waals surface area contributed by atoms with Crippen LogP contribution in [0.15, 0.2) is 102 Å². The van der Waals surface area contributed by atoms with E-state index in [0.29, 0.717) is 32.2 Å². The molecule has 18 atom stereocenters. The van der Waals surface area contributed by atoms with Gasteiger partial charge in [0.15, 0.2) is 36.0 Å². The summed E-state index contributed by atoms with van der Waals surface area (Å²) in [5, 5.41) is 119. The Bertz CT molecular complexity index is 5350. The van der Waals surface area contributed by atoms with E-state index >= 15 is 24.0 Å². The molecule has 0 aromatic heterocycles. The van der Waals surface area contributed by atoms with Crippen molar-refractivity contribution in [2.45, 2.75) is 246 Å². The largest absolute Gasteiger partial charge is 0.508 e. The molecule has 7 aliphatic heterocycles. The van der Waals surface area contributed by atoms with Crippen molar-refractivity contribution in [2.75, 3.05) is 26.7 Å². The maximum absolute atomic E-state index is 16.5. The normalized spacial score (nSPS) is 25.4. The number of primary amides is 3. The summed E-state index contributed by atoms with van der Waals surface area (Å²) in [6.07, 6.45) is -13.7. The molecule has 40 nitrogen and oxygen atoms in total. The van der Waals surface area contributed by atoms with Gasteiger partial charge in [0.2, 0.25) is 63.4 Å². The van der Waals surface area contributed by atoms with Crippen LogP contribution in [-0.2, 0) is 80.3 Å². The predicted molar refractivity (Wildman–Crippen MR) is 469 cm³/mol. The second-order valence-corrected chi connectivity index (χ2v) is 36.0. The summed E-state index contributed by atoms with van der Waals surface area (Å²) in [5.41, 5.74) is 14.8. The number of likely N-dealkylation sites (N-methyl/N-ethyl adjacent to an activating group) is 1. The average Bonchev–Trinajstić information content (AvgIpc) is 0.760. The van der Waals surface area contributed by atoms with Crippen molar-refractivity contribution in [3.05, 3.63) is 152 Å². The number of nitrogens with one attached hydrogen (secondary N) is 10. The quantitative estimate of drug-likeness (QED) is 0.0274. The van der Waals surface area contributed by atoms with Crippen LogP contribution >= 0.6 is 11.6 Å². The number of ether oxygens (including phenoxy) is 7. The van der Waals surface area contributed by atoms with Gasteiger partial charge in [0.25, 0.3) is 0 Å². The van der Waals surface area contributed by atoms with Gasteiger partial charge in [-0.05, 0) is 196 Å². The summed E-state index contributed by atoms with van der Waals surface area (Å²) in [7, 11) is -2.30. The summed E-state index contributed by atoms with van der Waals surface area (Å²) in [6.45, 7) is 10.9. The molecular weight excluding hydrogens is 1750 g/mol. The van der Waals surface area contributed by atoms with Crippen molar-refractivity contribution in [1.29, 1.82) is 0 Å². The van der Waals surface area contributed by atoms with Crippen LogP contribution in [0.1, 0.15) is 186 Å². The number of unbranched alkanes of at least 4 members (excludes halogenated alkanes) is 6. The van der Waals surface area contributed by atoms with Crippen molar-refractivity contribution in [3.8, 4) is 51.4 Å². The van der Waals surface area contributed by atoms with E-state index < -0.39 is 243 Å². The van der Waals surface area contributed by atoms with Gasteiger partial charge in [0.05, 0.1) is 40.6 Å². The number of carbonyl (C=O) groups excluding carboxylic acids is 9. The lowest BCUT2D eigenvalue weighted by Crippen LogP contribution is -2.67. The smallest absolute Gasteiger partial charge is 0.404 e. The minimum Gasteiger partial charge on any atom is -0.508 e. The van der Waals surface area contributed by atoms with E-state index in [9.17, 15) is 73.2 Å². The van der Waals surface area contributed by atoms with Gasteiger partial charge in [0, 0.05) is 30.6 Å². The number of benzene rings is 6. The Kier molecular flexibility index (Phi) is 33.3. The van der Waals surface area contributed by atoms with E-state index in [1.807, 2.05) is 26.0 Å². The highest BCUT2D eigenvalue weighted by molar-refractivity contribution is 7.89. The number of urea groups is 1. The number of hydrogen-bond donors (Lipinski definition) is 21. The van der Waals surface area contributed by atoms with E-state index in [1.54, 1.807) is 12.1 Å². The molecule has 0 spiro atoms. The molecule has 0 aliphatic carbocycles. The number of phenols is 2. The van der Waals surface area contributed by atoms with Crippen LogP contribution in [0.4, 0.5) is 9.59 Å². The Morgan fingerprint density at radius 1 is 0.695 bits per heavy atom. The number of aryl methyl sites for hydroxylation is 2. The summed E-state index contributed by atoms with van der Waals surface area (Å²) < 4.78 is 73.8. The first-order valence-corrected chi connectivity index (χ1v) is 44.9. The van der Waals surface area contributed by atoms with E-state index in [4.69, 9.17) is 62.0 Å². The Morgan fingerprint density at radius 3 is 1.97 bits per heavy atom. The zero-order valence-electron chi connectivity index (χ0n) is 73.3. The molecule has 2 saturated heterocycles. The Hall–Kier alpha value is -11.6. The lowest BCUT2D eigenvalue weighted by Gasteiger charge is -2.48. The lowest BCUT2D eigenvalue weighted by atomic mass is 9.85. The van der Waals surface area contributed by atoms with Crippen LogP contribution in [0.25, 0.3) is 11.1 Å². The van der Waals surface area contributed by atoms with Crippen LogP contribution in [0, 0.1) is 19.8 Å². The van der Waals surface area contributed by atoms with Gasteiger partial charge in [-0.3, -0.25) is 33.6 Å². The molecule has 6 aromatic rings. The fourth-order valence-electron chi connectivity index (χ4n) is 16.7. The third-order valence-corrected chi connectivity index (χ3v) is 25.4. The Morgan fingerprint density at radius 2 is 1.34 bits per heavy atom. The zero-order chi connectivity index (χ0) is 95.4. The van der Waals surface area contributed by atoms with E-state index in [-0.39, 0.29) is 86.1 Å². The molecule has 7 aliphatic rings. The molecule has 11 bridgehead atoms. The molecule has 13 rings (SSSR count). The maximum Gasteiger partial charge on any atom is 0.404 e. The fourth-order valence-corrected chi connectivity index (χ4v) is 18.0. The van der Waals surface area contributed by atoms with Crippen LogP contribution in [0.3, 0.4) is 0 Å². The van der Waals surface area contributed by atoms with Gasteiger partial charge in [0.1, 0.15) is 83.7 Å². The molecule has 0 radical (unpaired) electrons. The van der Waals surface area contributed by atoms with Gasteiger partial charge in [-0.2, -0.15) is 0 Å². The van der Waals surface area contributed by atoms with Crippen LogP contribution in [-0.4, -0.2) is 214 Å². The first-order chi connectivity index (χ1) is 62.1. The molecular formula is C89H114ClN13O27S. The number of aliphatic carboxylic acids is 1. The Balaban J connectivity index is 1.04. The van der Waals surface area contributed by atoms with E-state index in [2.05, 4.69) is 59.5 Å². The van der Waals surface area contributed by atoms with E-state index in [1.165, 1.54) is 59.0 Å². The molecule has 10 amide bonds. The number of carboxylic acid groups (broad SMARTS) is 1. The monoisotopic (exact) mass is 1860 g/mol. The SMILES string of the molecule is CCCCCCc1ccc(S(=O)(=O)NCCCCCCNCc2c(O)cc3c(c2C)-c2cc(ccc2O)[C@H]2NC(=O)[C@@H]4NC(=O)[C@H](CC(N)=O)NC(=O)[C@H](NC(=O)[C@@H](CC(C)C)NC)[C@H](O)c5ccc(c(C)c5)Oc5cc4cc(c5O[C@@H]4O[C@H](CO)[C@@H](O)[C@H](O)[C@H]4O[C@H]4C[C@](C)(NC(N)=O)[C@H](OC(N)=O)[C@H](C)O4)Oc4ccc(cc4Cl)[C@@H](O)[C@H](NC2=O)C(=O)N[C@@H]3C(=O)O)cc1. The highest BCUT2D eigenvalue weighted by atomic mass is 35.5. The van der Waals surface area contributed by atoms with Gasteiger partial charge >= 0.3 is 18.1 Å². The predicted octanol–water partition coefficient (Wildman–Crippen LogP) is 3.93. The third kappa shape index (κ3) is 24.0. The molecule has 24 N–H and O–H groups in total. The standard InChI is InChI=1S/C89H114ClN13O27S/c1-9-10-11-14-17-45-18-23-50(24-19-45)131(122,123)96-29-16-13-12-15-28-95-39-53-43(5)66-51-32-46(20-25-57(51)105)67-81(114)102-71(84(117)100-69(85(118)119)52(66)36-58(53)106)73(109)48-22-27-60(54(90)33-48)126-62-35-49-34-61(76(62)129-86-77(75(111)74(110)63(40-104)127-86)128-65-38-89(7,103-87(92)120)78(44(6)124-65)130-88(93)121)125-59-26-21-47(31-42(59)4)72(108)70(101-79(112)55(94-8)30-41(2)3)83(116)97-56(37-64(91)107)80(113)98-68(49)82(115)99-67/h18-27,31-36,41,44,55-56,63,65,67-75,77-78,86,94-96,104-106,108-111H,9-17,28-30,37-40H2,1-8H3,(H2,91,107)(H2,93,121)(H,97,116)(H,98,113)(H,99,115)(H,100,117)(H,101,112)(H,102,114)(H,118,119)(H3,92,103,120)/t44-,55+,56-,63+,65-,67+,68+,69-,70+,71-,72+,73+,74+,75-,77+,78+,86-,89-/m0/s1. The van der Waals surface area contributed by atoms with Gasteiger partial charge in [-0.1, -0.05) is 94.8 Å². The number of amides is 10. The molecule has 131 heavy (non-hydrogen) atoms. The van der Waals surface area contributed by atoms with Crippen molar-refractivity contribution in [3.63, 3.8) is 0 Å². The van der Waals surface area contributed by atoms with Gasteiger partial charge < -0.3 is 139 Å². The first-order valence-electron chi connectivity index (χ1n) is 43.0. The highest BCUT2D eigenvalue weighted by Gasteiger charge is 2.54. The highest BCUT2D eigenvalue weighted by Crippen LogP contribution is 2.50. The number of carboxylic acids is 1. The lowest BCUT2D eigenvalue weighted by molar-refractivity contribution is -0.334.